The van der Waals surface area contributed by atoms with Crippen LogP contribution in [0.15, 0.2) is 30.6 Å². The Kier molecular flexibility index (Phi) is 5.58. The van der Waals surface area contributed by atoms with E-state index in [9.17, 15) is 0 Å². The van der Waals surface area contributed by atoms with Gasteiger partial charge in [0.25, 0.3) is 0 Å². The van der Waals surface area contributed by atoms with Crippen LogP contribution >= 0.6 is 0 Å². The number of nitrogens with zero attached hydrogens (tertiary/aromatic N) is 3. The maximum Gasteiger partial charge on any atom is 0.161 e. The van der Waals surface area contributed by atoms with Crippen molar-refractivity contribution in [3.63, 3.8) is 0 Å². The van der Waals surface area contributed by atoms with E-state index in [1.54, 1.807) is 0 Å². The monoisotopic (exact) mass is 367 g/mol. The van der Waals surface area contributed by atoms with Crippen molar-refractivity contribution in [1.82, 2.24) is 14.9 Å². The molecule has 0 bridgehead atoms. The summed E-state index contributed by atoms with van der Waals surface area (Å²) in [5.41, 5.74) is 2.38. The molecular formula is C22H29N3O2. The molecule has 2 heterocycles. The van der Waals surface area contributed by atoms with E-state index < -0.39 is 0 Å². The smallest absolute Gasteiger partial charge is 0.161 e. The molecule has 1 atom stereocenters. The van der Waals surface area contributed by atoms with Crippen LogP contribution in [0.25, 0.3) is 0 Å². The second kappa shape index (κ2) is 8.26. The lowest BCUT2D eigenvalue weighted by Crippen LogP contribution is -2.23. The summed E-state index contributed by atoms with van der Waals surface area (Å²) in [6.07, 6.45) is 10.5. The lowest BCUT2D eigenvalue weighted by Gasteiger charge is -2.27. The van der Waals surface area contributed by atoms with Gasteiger partial charge in [-0.05, 0) is 44.5 Å². The van der Waals surface area contributed by atoms with Crippen molar-refractivity contribution in [2.24, 2.45) is 0 Å². The third kappa shape index (κ3) is 4.24. The van der Waals surface area contributed by atoms with Crippen molar-refractivity contribution in [3.05, 3.63) is 47.5 Å². The van der Waals surface area contributed by atoms with E-state index in [0.717, 1.165) is 29.4 Å². The number of rotatable bonds is 5. The second-order valence-electron chi connectivity index (χ2n) is 7.78. The molecule has 1 unspecified atom stereocenters. The SMILES string of the molecule is CC(c1ccc2c(c1)OCCO2)N(C)Cc1cnc(C2CCCCC2)nc1. The summed E-state index contributed by atoms with van der Waals surface area (Å²) in [4.78, 5) is 11.7. The van der Waals surface area contributed by atoms with Crippen LogP contribution in [0.4, 0.5) is 0 Å². The molecule has 4 rings (SSSR count). The predicted molar refractivity (Wildman–Crippen MR) is 105 cm³/mol. The van der Waals surface area contributed by atoms with Gasteiger partial charge in [-0.1, -0.05) is 25.3 Å². The van der Waals surface area contributed by atoms with E-state index in [1.165, 1.54) is 37.7 Å². The number of fused-ring (bicyclic) bond motifs is 1. The van der Waals surface area contributed by atoms with Gasteiger partial charge < -0.3 is 9.47 Å². The molecule has 0 N–H and O–H groups in total. The fraction of sp³-hybridized carbons (Fsp3) is 0.545. The molecule has 0 amide bonds. The van der Waals surface area contributed by atoms with Gasteiger partial charge >= 0.3 is 0 Å². The first-order valence-corrected chi connectivity index (χ1v) is 10.1. The van der Waals surface area contributed by atoms with E-state index in [1.807, 2.05) is 18.5 Å². The molecule has 1 aromatic carbocycles. The molecule has 1 fully saturated rings. The highest BCUT2D eigenvalue weighted by Gasteiger charge is 2.19. The Hall–Kier alpha value is -2.14. The zero-order valence-corrected chi connectivity index (χ0v) is 16.4. The van der Waals surface area contributed by atoms with E-state index in [-0.39, 0.29) is 6.04 Å². The van der Waals surface area contributed by atoms with Crippen molar-refractivity contribution >= 4 is 0 Å². The molecular weight excluding hydrogens is 338 g/mol. The van der Waals surface area contributed by atoms with Crippen molar-refractivity contribution in [3.8, 4) is 11.5 Å². The molecule has 1 aromatic heterocycles. The Morgan fingerprint density at radius 3 is 2.48 bits per heavy atom. The molecule has 0 saturated heterocycles. The third-order valence-corrected chi connectivity index (χ3v) is 5.84. The first kappa shape index (κ1) is 18.2. The minimum Gasteiger partial charge on any atom is -0.486 e. The molecule has 0 spiro atoms. The normalized spacial score (nSPS) is 18.5. The number of ether oxygens (including phenoxy) is 2. The number of hydrogen-bond donors (Lipinski definition) is 0. The fourth-order valence-electron chi connectivity index (χ4n) is 4.02. The van der Waals surface area contributed by atoms with Gasteiger partial charge in [0.15, 0.2) is 11.5 Å². The summed E-state index contributed by atoms with van der Waals surface area (Å²) in [7, 11) is 2.14. The van der Waals surface area contributed by atoms with Crippen LogP contribution in [0.5, 0.6) is 11.5 Å². The van der Waals surface area contributed by atoms with Gasteiger partial charge in [0.05, 0.1) is 0 Å². The van der Waals surface area contributed by atoms with Crippen LogP contribution in [-0.2, 0) is 6.54 Å². The van der Waals surface area contributed by atoms with Crippen LogP contribution in [-0.4, -0.2) is 35.1 Å². The number of hydrogen-bond acceptors (Lipinski definition) is 5. The maximum atomic E-state index is 5.72. The minimum absolute atomic E-state index is 0.263. The average Bonchev–Trinajstić information content (AvgIpc) is 2.74. The highest BCUT2D eigenvalue weighted by molar-refractivity contribution is 5.44. The Balaban J connectivity index is 1.40. The highest BCUT2D eigenvalue weighted by Crippen LogP contribution is 2.34. The largest absolute Gasteiger partial charge is 0.486 e. The van der Waals surface area contributed by atoms with E-state index in [4.69, 9.17) is 9.47 Å². The molecule has 2 aromatic rings. The predicted octanol–water partition coefficient (Wildman–Crippen LogP) is 4.49. The third-order valence-electron chi connectivity index (χ3n) is 5.84. The van der Waals surface area contributed by atoms with E-state index in [0.29, 0.717) is 19.1 Å². The van der Waals surface area contributed by atoms with E-state index >= 15 is 0 Å². The average molecular weight is 367 g/mol. The maximum absolute atomic E-state index is 5.72. The molecule has 1 aliphatic carbocycles. The van der Waals surface area contributed by atoms with Crippen LogP contribution in [0, 0.1) is 0 Å². The van der Waals surface area contributed by atoms with Gasteiger partial charge in [-0.25, -0.2) is 9.97 Å². The molecule has 1 saturated carbocycles. The topological polar surface area (TPSA) is 47.5 Å². The van der Waals surface area contributed by atoms with Gasteiger partial charge in [-0.15, -0.1) is 0 Å². The molecule has 27 heavy (non-hydrogen) atoms. The zero-order valence-electron chi connectivity index (χ0n) is 16.4. The van der Waals surface area contributed by atoms with E-state index in [2.05, 4.69) is 41.0 Å². The first-order valence-electron chi connectivity index (χ1n) is 10.1. The van der Waals surface area contributed by atoms with Crippen molar-refractivity contribution in [1.29, 1.82) is 0 Å². The second-order valence-corrected chi connectivity index (χ2v) is 7.78. The summed E-state index contributed by atoms with van der Waals surface area (Å²) in [6.45, 7) is 4.27. The molecule has 2 aliphatic rings. The van der Waals surface area contributed by atoms with Gasteiger partial charge in [-0.2, -0.15) is 0 Å². The number of benzene rings is 1. The molecule has 5 heteroatoms. The van der Waals surface area contributed by atoms with Crippen LogP contribution in [0.2, 0.25) is 0 Å². The van der Waals surface area contributed by atoms with Crippen molar-refractivity contribution in [2.75, 3.05) is 20.3 Å². The molecule has 144 valence electrons. The summed E-state index contributed by atoms with van der Waals surface area (Å²) in [6, 6.07) is 6.49. The summed E-state index contributed by atoms with van der Waals surface area (Å²) < 4.78 is 11.3. The minimum atomic E-state index is 0.263. The lowest BCUT2D eigenvalue weighted by molar-refractivity contribution is 0.170. The standard InChI is InChI=1S/C22H29N3O2/c1-16(19-8-9-20-21(12-19)27-11-10-26-20)25(2)15-17-13-23-22(24-14-17)18-6-4-3-5-7-18/h8-9,12-14,16,18H,3-7,10-11,15H2,1-2H3. The molecule has 1 aliphatic heterocycles. The Morgan fingerprint density at radius 2 is 1.74 bits per heavy atom. The Labute approximate surface area is 161 Å². The fourth-order valence-corrected chi connectivity index (χ4v) is 4.02. The van der Waals surface area contributed by atoms with Gasteiger partial charge in [-0.3, -0.25) is 4.90 Å². The van der Waals surface area contributed by atoms with Crippen LogP contribution in [0.1, 0.15) is 67.9 Å². The van der Waals surface area contributed by atoms with Crippen LogP contribution < -0.4 is 9.47 Å². The van der Waals surface area contributed by atoms with Gasteiger partial charge in [0.1, 0.15) is 19.0 Å². The summed E-state index contributed by atoms with van der Waals surface area (Å²) in [5, 5.41) is 0. The Morgan fingerprint density at radius 1 is 1.04 bits per heavy atom. The quantitative estimate of drug-likeness (QED) is 0.779. The van der Waals surface area contributed by atoms with Crippen molar-refractivity contribution < 1.29 is 9.47 Å². The Bertz CT molecular complexity index is 757. The molecule has 5 nitrogen and oxygen atoms in total. The number of aromatic nitrogens is 2. The van der Waals surface area contributed by atoms with Gasteiger partial charge in [0, 0.05) is 36.5 Å². The van der Waals surface area contributed by atoms with Gasteiger partial charge in [0.2, 0.25) is 0 Å². The van der Waals surface area contributed by atoms with Crippen LogP contribution in [0.3, 0.4) is 0 Å². The highest BCUT2D eigenvalue weighted by atomic mass is 16.6. The first-order chi connectivity index (χ1) is 13.2. The summed E-state index contributed by atoms with van der Waals surface area (Å²) in [5.74, 6) is 3.27. The van der Waals surface area contributed by atoms with Crippen molar-refractivity contribution in [2.45, 2.75) is 57.5 Å². The molecule has 0 radical (unpaired) electrons. The lowest BCUT2D eigenvalue weighted by atomic mass is 9.89. The zero-order chi connectivity index (χ0) is 18.6. The summed E-state index contributed by atoms with van der Waals surface area (Å²) >= 11 is 0.